The van der Waals surface area contributed by atoms with Crippen molar-refractivity contribution in [3.63, 3.8) is 0 Å². The lowest BCUT2D eigenvalue weighted by Gasteiger charge is -2.00. The maximum Gasteiger partial charge on any atom is 0.303 e. The zero-order valence-corrected chi connectivity index (χ0v) is 15.9. The van der Waals surface area contributed by atoms with Crippen molar-refractivity contribution in [2.45, 2.75) is 71.6 Å². The van der Waals surface area contributed by atoms with Crippen molar-refractivity contribution in [1.29, 1.82) is 0 Å². The second-order valence-electron chi connectivity index (χ2n) is 5.84. The Bertz CT molecular complexity index is 373. The minimum Gasteiger partial charge on any atom is -0.497 e. The molecule has 0 aromatic rings. The molecular weight excluding hydrogens is 302 g/mol. The first kappa shape index (κ1) is 24.7. The maximum absolute atomic E-state index is 10.2. The Morgan fingerprint density at radius 3 is 1.92 bits per heavy atom. The third-order valence-corrected chi connectivity index (χ3v) is 3.40. The second kappa shape index (κ2) is 19.5. The Labute approximate surface area is 148 Å². The summed E-state index contributed by atoms with van der Waals surface area (Å²) in [5.74, 6) is 0.191. The van der Waals surface area contributed by atoms with Crippen molar-refractivity contribution in [1.82, 2.24) is 0 Å². The van der Waals surface area contributed by atoms with E-state index < -0.39 is 5.97 Å². The molecule has 24 heavy (non-hydrogen) atoms. The van der Waals surface area contributed by atoms with E-state index in [9.17, 15) is 4.79 Å². The molecule has 0 rings (SSSR count). The highest BCUT2D eigenvalue weighted by Gasteiger charge is 1.96. The molecule has 4 nitrogen and oxygen atoms in total. The van der Waals surface area contributed by atoms with Gasteiger partial charge in [-0.05, 0) is 45.4 Å². The summed E-state index contributed by atoms with van der Waals surface area (Å²) in [4.78, 5) is 10.2. The van der Waals surface area contributed by atoms with Crippen LogP contribution in [0.5, 0.6) is 0 Å². The van der Waals surface area contributed by atoms with Gasteiger partial charge in [0.2, 0.25) is 0 Å². The number of aliphatic carboxylic acids is 1. The SMILES string of the molecule is C=C(C)/C=C\C(=C/C)OC.NCCCCCCCCCCC(=O)O. The van der Waals surface area contributed by atoms with Gasteiger partial charge in [0.15, 0.2) is 0 Å². The van der Waals surface area contributed by atoms with Crippen LogP contribution >= 0.6 is 0 Å². The van der Waals surface area contributed by atoms with Crippen LogP contribution in [0.25, 0.3) is 0 Å². The molecule has 0 aliphatic carbocycles. The summed E-state index contributed by atoms with van der Waals surface area (Å²) in [6, 6.07) is 0. The Morgan fingerprint density at radius 2 is 1.54 bits per heavy atom. The van der Waals surface area contributed by atoms with Gasteiger partial charge in [0.25, 0.3) is 0 Å². The van der Waals surface area contributed by atoms with Crippen molar-refractivity contribution < 1.29 is 14.6 Å². The fourth-order valence-electron chi connectivity index (χ4n) is 1.99. The summed E-state index contributed by atoms with van der Waals surface area (Å²) in [6.07, 6.45) is 15.3. The van der Waals surface area contributed by atoms with Crippen LogP contribution in [0.2, 0.25) is 0 Å². The molecule has 0 radical (unpaired) electrons. The normalized spacial score (nSPS) is 11.1. The van der Waals surface area contributed by atoms with Gasteiger partial charge in [-0.3, -0.25) is 4.79 Å². The van der Waals surface area contributed by atoms with Crippen molar-refractivity contribution >= 4 is 5.97 Å². The van der Waals surface area contributed by atoms with Crippen LogP contribution in [0.15, 0.2) is 36.1 Å². The number of carboxylic acid groups (broad SMARTS) is 1. The molecule has 3 N–H and O–H groups in total. The second-order valence-corrected chi connectivity index (χ2v) is 5.84. The first-order valence-electron chi connectivity index (χ1n) is 8.93. The van der Waals surface area contributed by atoms with E-state index in [1.54, 1.807) is 7.11 Å². The van der Waals surface area contributed by atoms with E-state index in [4.69, 9.17) is 15.6 Å². The van der Waals surface area contributed by atoms with Gasteiger partial charge in [-0.15, -0.1) is 0 Å². The van der Waals surface area contributed by atoms with E-state index in [1.807, 2.05) is 32.1 Å². The average Bonchev–Trinajstić information content (AvgIpc) is 2.54. The average molecular weight is 340 g/mol. The highest BCUT2D eigenvalue weighted by Crippen LogP contribution is 2.09. The van der Waals surface area contributed by atoms with Crippen molar-refractivity contribution in [2.75, 3.05) is 13.7 Å². The molecule has 0 atom stereocenters. The van der Waals surface area contributed by atoms with E-state index in [1.165, 1.54) is 32.1 Å². The molecule has 0 aromatic heterocycles. The number of carboxylic acids is 1. The molecule has 0 saturated carbocycles. The summed E-state index contributed by atoms with van der Waals surface area (Å²) < 4.78 is 4.98. The summed E-state index contributed by atoms with van der Waals surface area (Å²) in [7, 11) is 1.65. The standard InChI is InChI=1S/C11H23NO2.C9H14O/c12-10-8-6-4-2-1-3-5-7-9-11(13)14;1-5-9(10-4)7-6-8(2)3/h1-10,12H2,(H,13,14);5-7H,2H2,1,3-4H3/b;7-6-,9-5+. The summed E-state index contributed by atoms with van der Waals surface area (Å²) >= 11 is 0. The van der Waals surface area contributed by atoms with Crippen LogP contribution in [-0.4, -0.2) is 24.7 Å². The number of carbonyl (C=O) groups is 1. The van der Waals surface area contributed by atoms with Gasteiger partial charge >= 0.3 is 5.97 Å². The van der Waals surface area contributed by atoms with Crippen molar-refractivity contribution in [3.05, 3.63) is 36.1 Å². The number of hydrogen-bond donors (Lipinski definition) is 2. The molecule has 0 amide bonds. The Kier molecular flexibility index (Phi) is 20.1. The van der Waals surface area contributed by atoms with Gasteiger partial charge in [0.05, 0.1) is 7.11 Å². The third-order valence-electron chi connectivity index (χ3n) is 3.40. The molecule has 0 saturated heterocycles. The summed E-state index contributed by atoms with van der Waals surface area (Å²) in [5.41, 5.74) is 6.41. The zero-order chi connectivity index (χ0) is 18.6. The maximum atomic E-state index is 10.2. The molecule has 0 heterocycles. The topological polar surface area (TPSA) is 72.5 Å². The van der Waals surface area contributed by atoms with Gasteiger partial charge < -0.3 is 15.6 Å². The third kappa shape index (κ3) is 22.7. The fourth-order valence-corrected chi connectivity index (χ4v) is 1.99. The number of ether oxygens (including phenoxy) is 1. The molecule has 0 fully saturated rings. The van der Waals surface area contributed by atoms with E-state index in [2.05, 4.69) is 6.58 Å². The van der Waals surface area contributed by atoms with Gasteiger partial charge in [-0.1, -0.05) is 56.8 Å². The predicted octanol–water partition coefficient (Wildman–Crippen LogP) is 5.21. The lowest BCUT2D eigenvalue weighted by atomic mass is 10.1. The minimum absolute atomic E-state index is 0.327. The lowest BCUT2D eigenvalue weighted by molar-refractivity contribution is -0.137. The zero-order valence-electron chi connectivity index (χ0n) is 15.9. The lowest BCUT2D eigenvalue weighted by Crippen LogP contribution is -1.97. The first-order valence-corrected chi connectivity index (χ1v) is 8.93. The van der Waals surface area contributed by atoms with Gasteiger partial charge in [0.1, 0.15) is 5.76 Å². The number of nitrogens with two attached hydrogens (primary N) is 1. The van der Waals surface area contributed by atoms with Gasteiger partial charge in [0, 0.05) is 6.42 Å². The number of allylic oxidation sites excluding steroid dienone is 4. The Balaban J connectivity index is 0. The van der Waals surface area contributed by atoms with Crippen LogP contribution in [0.1, 0.15) is 71.6 Å². The van der Waals surface area contributed by atoms with Crippen LogP contribution in [-0.2, 0) is 9.53 Å². The van der Waals surface area contributed by atoms with Crippen LogP contribution in [0, 0.1) is 0 Å². The number of rotatable bonds is 13. The molecular formula is C20H37NO3. The Morgan fingerprint density at radius 1 is 1.04 bits per heavy atom. The van der Waals surface area contributed by atoms with Crippen LogP contribution in [0.4, 0.5) is 0 Å². The highest BCUT2D eigenvalue weighted by molar-refractivity contribution is 5.66. The molecule has 0 unspecified atom stereocenters. The van der Waals surface area contributed by atoms with Gasteiger partial charge in [-0.25, -0.2) is 0 Å². The molecule has 0 aliphatic rings. The molecule has 0 bridgehead atoms. The first-order chi connectivity index (χ1) is 11.5. The van der Waals surface area contributed by atoms with Gasteiger partial charge in [-0.2, -0.15) is 0 Å². The highest BCUT2D eigenvalue weighted by atomic mass is 16.5. The van der Waals surface area contributed by atoms with E-state index in [-0.39, 0.29) is 0 Å². The molecule has 0 aliphatic heterocycles. The minimum atomic E-state index is -0.673. The quantitative estimate of drug-likeness (QED) is 0.274. The van der Waals surface area contributed by atoms with Crippen LogP contribution < -0.4 is 5.73 Å². The van der Waals surface area contributed by atoms with E-state index >= 15 is 0 Å². The monoisotopic (exact) mass is 339 g/mol. The molecule has 0 spiro atoms. The number of hydrogen-bond acceptors (Lipinski definition) is 3. The molecule has 0 aromatic carbocycles. The number of unbranched alkanes of at least 4 members (excludes halogenated alkanes) is 7. The molecule has 4 heteroatoms. The van der Waals surface area contributed by atoms with Crippen LogP contribution in [0.3, 0.4) is 0 Å². The number of methoxy groups -OCH3 is 1. The fraction of sp³-hybridized carbons (Fsp3) is 0.650. The van der Waals surface area contributed by atoms with E-state index in [0.717, 1.165) is 37.1 Å². The van der Waals surface area contributed by atoms with E-state index in [0.29, 0.717) is 6.42 Å². The Hall–Kier alpha value is -1.55. The van der Waals surface area contributed by atoms with Crippen molar-refractivity contribution in [2.24, 2.45) is 5.73 Å². The largest absolute Gasteiger partial charge is 0.497 e. The summed E-state index contributed by atoms with van der Waals surface area (Å²) in [5, 5.41) is 8.40. The smallest absolute Gasteiger partial charge is 0.303 e. The predicted molar refractivity (Wildman–Crippen MR) is 103 cm³/mol. The van der Waals surface area contributed by atoms with Crippen molar-refractivity contribution in [3.8, 4) is 0 Å². The summed E-state index contributed by atoms with van der Waals surface area (Å²) in [6.45, 7) is 8.41. The molecule has 140 valence electrons.